The average Bonchev–Trinajstić information content (AvgIpc) is 2.71. The van der Waals surface area contributed by atoms with E-state index in [9.17, 15) is 4.79 Å². The van der Waals surface area contributed by atoms with Gasteiger partial charge in [0.15, 0.2) is 11.5 Å². The zero-order valence-corrected chi connectivity index (χ0v) is 16.5. The van der Waals surface area contributed by atoms with Crippen LogP contribution in [-0.2, 0) is 0 Å². The predicted molar refractivity (Wildman–Crippen MR) is 108 cm³/mol. The van der Waals surface area contributed by atoms with E-state index in [-0.39, 0.29) is 32.3 Å². The van der Waals surface area contributed by atoms with E-state index in [4.69, 9.17) is 36.5 Å². The van der Waals surface area contributed by atoms with Gasteiger partial charge in [0.1, 0.15) is 19.8 Å². The molecule has 8 N–H and O–H groups in total. The summed E-state index contributed by atoms with van der Waals surface area (Å²) in [7, 11) is 0. The van der Waals surface area contributed by atoms with Crippen molar-refractivity contribution in [1.82, 2.24) is 5.32 Å². The number of amides is 1. The van der Waals surface area contributed by atoms with Gasteiger partial charge in [-0.05, 0) is 25.0 Å². The Labute approximate surface area is 166 Å². The molecule has 0 aliphatic carbocycles. The number of benzene rings is 1. The number of rotatable bonds is 16. The molecule has 0 aromatic heterocycles. The molecule has 1 aromatic rings. The van der Waals surface area contributed by atoms with Gasteiger partial charge in [0.2, 0.25) is 5.75 Å². The number of carbonyl (C=O) groups is 1. The van der Waals surface area contributed by atoms with Crippen molar-refractivity contribution in [1.29, 1.82) is 0 Å². The summed E-state index contributed by atoms with van der Waals surface area (Å²) in [5, 5.41) is 11.7. The third-order valence-electron chi connectivity index (χ3n) is 3.77. The Bertz CT molecular complexity index is 542. The summed E-state index contributed by atoms with van der Waals surface area (Å²) in [6.45, 7) is 2.52. The number of aliphatic hydroxyl groups is 1. The van der Waals surface area contributed by atoms with Gasteiger partial charge < -0.3 is 41.8 Å². The molecule has 1 rings (SSSR count). The molecule has 0 aliphatic rings. The maximum Gasteiger partial charge on any atom is 0.251 e. The van der Waals surface area contributed by atoms with E-state index in [0.29, 0.717) is 49.0 Å². The van der Waals surface area contributed by atoms with Gasteiger partial charge in [0.25, 0.3) is 5.91 Å². The summed E-state index contributed by atoms with van der Waals surface area (Å²) in [6.07, 6.45) is 3.51. The number of unbranched alkanes of at least 4 members (excludes halogenated alkanes) is 3. The Morgan fingerprint density at radius 2 is 1.39 bits per heavy atom. The zero-order valence-electron chi connectivity index (χ0n) is 16.5. The van der Waals surface area contributed by atoms with Crippen LogP contribution in [0.2, 0.25) is 0 Å². The molecule has 1 aromatic carbocycles. The summed E-state index contributed by atoms with van der Waals surface area (Å²) in [6, 6.07) is 3.22. The first-order chi connectivity index (χ1) is 13.7. The van der Waals surface area contributed by atoms with Gasteiger partial charge in [0, 0.05) is 38.3 Å². The third-order valence-corrected chi connectivity index (χ3v) is 3.77. The van der Waals surface area contributed by atoms with Gasteiger partial charge in [-0.25, -0.2) is 0 Å². The van der Waals surface area contributed by atoms with E-state index in [1.54, 1.807) is 12.1 Å². The van der Waals surface area contributed by atoms with Gasteiger partial charge in [-0.3, -0.25) is 4.79 Å². The summed E-state index contributed by atoms with van der Waals surface area (Å²) in [5.41, 5.74) is 17.0. The lowest BCUT2D eigenvalue weighted by Gasteiger charge is -2.18. The largest absolute Gasteiger partial charge is 0.488 e. The second-order valence-corrected chi connectivity index (χ2v) is 6.11. The molecule has 0 fully saturated rings. The van der Waals surface area contributed by atoms with E-state index < -0.39 is 0 Å². The van der Waals surface area contributed by atoms with Gasteiger partial charge in [-0.1, -0.05) is 12.8 Å². The van der Waals surface area contributed by atoms with Crippen molar-refractivity contribution in [2.24, 2.45) is 17.2 Å². The van der Waals surface area contributed by atoms with Crippen molar-refractivity contribution in [3.8, 4) is 17.2 Å². The fourth-order valence-corrected chi connectivity index (χ4v) is 2.46. The first kappa shape index (κ1) is 24.0. The highest BCUT2D eigenvalue weighted by Crippen LogP contribution is 2.39. The molecule has 0 saturated carbocycles. The first-order valence-electron chi connectivity index (χ1n) is 9.73. The van der Waals surface area contributed by atoms with Crippen molar-refractivity contribution in [2.75, 3.05) is 52.6 Å². The fraction of sp³-hybridized carbons (Fsp3) is 0.632. The molecule has 0 bridgehead atoms. The standard InChI is InChI=1S/C19H34N4O5/c20-5-10-26-16-13-15(19(25)23-8-3-1-2-4-9-24)14-17(27-11-6-21)18(16)28-12-7-22/h13-14,24H,1-12,20-22H2,(H,23,25). The second-order valence-electron chi connectivity index (χ2n) is 6.11. The van der Waals surface area contributed by atoms with Crippen molar-refractivity contribution in [3.05, 3.63) is 17.7 Å². The molecule has 0 radical (unpaired) electrons. The van der Waals surface area contributed by atoms with Crippen LogP contribution in [0.4, 0.5) is 0 Å². The van der Waals surface area contributed by atoms with Gasteiger partial charge in [-0.15, -0.1) is 0 Å². The van der Waals surface area contributed by atoms with Crippen molar-refractivity contribution in [2.45, 2.75) is 25.7 Å². The lowest BCUT2D eigenvalue weighted by Crippen LogP contribution is -2.25. The topological polar surface area (TPSA) is 155 Å². The molecule has 1 amide bonds. The summed E-state index contributed by atoms with van der Waals surface area (Å²) in [5.74, 6) is 0.902. The molecule has 160 valence electrons. The Kier molecular flexibility index (Phi) is 12.8. The maximum absolute atomic E-state index is 12.5. The van der Waals surface area contributed by atoms with Crippen LogP contribution in [0, 0.1) is 0 Å². The summed E-state index contributed by atoms with van der Waals surface area (Å²) in [4.78, 5) is 12.5. The highest BCUT2D eigenvalue weighted by atomic mass is 16.5. The molecule has 9 nitrogen and oxygen atoms in total. The van der Waals surface area contributed by atoms with Crippen LogP contribution in [0.3, 0.4) is 0 Å². The fourth-order valence-electron chi connectivity index (χ4n) is 2.46. The monoisotopic (exact) mass is 398 g/mol. The zero-order chi connectivity index (χ0) is 20.6. The molecular weight excluding hydrogens is 364 g/mol. The summed E-state index contributed by atoms with van der Waals surface area (Å²) >= 11 is 0. The maximum atomic E-state index is 12.5. The van der Waals surface area contributed by atoms with Crippen LogP contribution in [0.1, 0.15) is 36.0 Å². The van der Waals surface area contributed by atoms with Crippen molar-refractivity contribution in [3.63, 3.8) is 0 Å². The Morgan fingerprint density at radius 1 is 0.857 bits per heavy atom. The Morgan fingerprint density at radius 3 is 1.93 bits per heavy atom. The minimum Gasteiger partial charge on any atom is -0.488 e. The Balaban J connectivity index is 2.91. The van der Waals surface area contributed by atoms with E-state index in [1.807, 2.05) is 0 Å². The van der Waals surface area contributed by atoms with Gasteiger partial charge >= 0.3 is 0 Å². The van der Waals surface area contributed by atoms with Crippen molar-refractivity contribution >= 4 is 5.91 Å². The molecule has 0 heterocycles. The van der Waals surface area contributed by atoms with Crippen LogP contribution in [0.15, 0.2) is 12.1 Å². The normalized spacial score (nSPS) is 10.6. The quantitative estimate of drug-likeness (QED) is 0.243. The number of nitrogens with two attached hydrogens (primary N) is 3. The number of hydrogen-bond acceptors (Lipinski definition) is 8. The molecule has 28 heavy (non-hydrogen) atoms. The molecule has 0 saturated heterocycles. The second kappa shape index (κ2) is 14.9. The van der Waals surface area contributed by atoms with E-state index in [0.717, 1.165) is 25.7 Å². The lowest BCUT2D eigenvalue weighted by molar-refractivity contribution is 0.0951. The van der Waals surface area contributed by atoms with Crippen molar-refractivity contribution < 1.29 is 24.1 Å². The highest BCUT2D eigenvalue weighted by molar-refractivity contribution is 5.95. The average molecular weight is 399 g/mol. The van der Waals surface area contributed by atoms with E-state index in [1.165, 1.54) is 0 Å². The number of hydrogen-bond donors (Lipinski definition) is 5. The molecule has 0 aliphatic heterocycles. The van der Waals surface area contributed by atoms with Crippen LogP contribution >= 0.6 is 0 Å². The van der Waals surface area contributed by atoms with Crippen LogP contribution in [0.5, 0.6) is 17.2 Å². The van der Waals surface area contributed by atoms with Crippen LogP contribution in [-0.4, -0.2) is 63.6 Å². The molecule has 9 heteroatoms. The van der Waals surface area contributed by atoms with Gasteiger partial charge in [-0.2, -0.15) is 0 Å². The minimum absolute atomic E-state index is 0.197. The minimum atomic E-state index is -0.234. The van der Waals surface area contributed by atoms with E-state index >= 15 is 0 Å². The Hall–Kier alpha value is -2.07. The lowest BCUT2D eigenvalue weighted by atomic mass is 10.1. The molecule has 0 spiro atoms. The van der Waals surface area contributed by atoms with Crippen LogP contribution < -0.4 is 36.7 Å². The number of carbonyl (C=O) groups excluding carboxylic acids is 1. The summed E-state index contributed by atoms with van der Waals surface area (Å²) < 4.78 is 17.0. The smallest absolute Gasteiger partial charge is 0.251 e. The number of aliphatic hydroxyl groups excluding tert-OH is 1. The van der Waals surface area contributed by atoms with Gasteiger partial charge in [0.05, 0.1) is 0 Å². The number of nitrogens with one attached hydrogen (secondary N) is 1. The molecule has 0 atom stereocenters. The molecule has 0 unspecified atom stereocenters. The third kappa shape index (κ3) is 8.75. The molecular formula is C19H34N4O5. The number of ether oxygens (including phenoxy) is 3. The predicted octanol–water partition coefficient (Wildman–Crippen LogP) is -0.0184. The first-order valence-corrected chi connectivity index (χ1v) is 9.73. The highest BCUT2D eigenvalue weighted by Gasteiger charge is 2.18. The van der Waals surface area contributed by atoms with E-state index in [2.05, 4.69) is 5.32 Å². The SMILES string of the molecule is NCCOc1cc(C(=O)NCCCCCCO)cc(OCCN)c1OCCN. The van der Waals surface area contributed by atoms with Crippen LogP contribution in [0.25, 0.3) is 0 Å².